The second-order valence-corrected chi connectivity index (χ2v) is 4.77. The summed E-state index contributed by atoms with van der Waals surface area (Å²) >= 11 is 0. The highest BCUT2D eigenvalue weighted by Crippen LogP contribution is 2.37. The van der Waals surface area contributed by atoms with Crippen molar-refractivity contribution < 1.29 is 13.9 Å². The van der Waals surface area contributed by atoms with Gasteiger partial charge in [-0.1, -0.05) is 6.07 Å². The van der Waals surface area contributed by atoms with Crippen molar-refractivity contribution in [1.82, 2.24) is 0 Å². The van der Waals surface area contributed by atoms with Gasteiger partial charge < -0.3 is 14.4 Å². The van der Waals surface area contributed by atoms with E-state index in [0.717, 1.165) is 11.3 Å². The fourth-order valence-corrected chi connectivity index (χ4v) is 2.52. The number of rotatable bonds is 3. The standard InChI is InChI=1S/C16H15FN2O2/c1-20-12-5-6-15(21-2)14(8-12)19-9-10-3-4-11(17)7-13(10)16(19)18/h3-8,18H,9H2,1-2H3. The predicted molar refractivity (Wildman–Crippen MR) is 79.0 cm³/mol. The summed E-state index contributed by atoms with van der Waals surface area (Å²) in [5.41, 5.74) is 2.27. The summed E-state index contributed by atoms with van der Waals surface area (Å²) < 4.78 is 24.0. The Labute approximate surface area is 122 Å². The Morgan fingerprint density at radius 2 is 1.90 bits per heavy atom. The van der Waals surface area contributed by atoms with Crippen LogP contribution in [0.2, 0.25) is 0 Å². The Hall–Kier alpha value is -2.56. The lowest BCUT2D eigenvalue weighted by molar-refractivity contribution is 0.403. The van der Waals surface area contributed by atoms with Crippen molar-refractivity contribution in [2.24, 2.45) is 0 Å². The van der Waals surface area contributed by atoms with Crippen LogP contribution in [0, 0.1) is 11.2 Å². The zero-order chi connectivity index (χ0) is 15.0. The molecule has 3 rings (SSSR count). The summed E-state index contributed by atoms with van der Waals surface area (Å²) in [4.78, 5) is 1.78. The molecule has 1 aliphatic heterocycles. The van der Waals surface area contributed by atoms with E-state index in [4.69, 9.17) is 14.9 Å². The molecule has 1 aliphatic rings. The summed E-state index contributed by atoms with van der Waals surface area (Å²) in [6, 6.07) is 9.93. The Morgan fingerprint density at radius 3 is 2.62 bits per heavy atom. The number of halogens is 1. The molecule has 5 heteroatoms. The van der Waals surface area contributed by atoms with Crippen molar-refractivity contribution in [2.45, 2.75) is 6.54 Å². The van der Waals surface area contributed by atoms with Gasteiger partial charge in [-0.25, -0.2) is 4.39 Å². The highest BCUT2D eigenvalue weighted by molar-refractivity contribution is 6.12. The van der Waals surface area contributed by atoms with Gasteiger partial charge in [-0.2, -0.15) is 0 Å². The molecule has 0 atom stereocenters. The third-order valence-corrected chi connectivity index (χ3v) is 3.60. The smallest absolute Gasteiger partial charge is 0.142 e. The molecular weight excluding hydrogens is 271 g/mol. The number of nitrogens with one attached hydrogen (secondary N) is 1. The lowest BCUT2D eigenvalue weighted by Crippen LogP contribution is -2.23. The molecule has 0 amide bonds. The van der Waals surface area contributed by atoms with E-state index in [9.17, 15) is 4.39 Å². The summed E-state index contributed by atoms with van der Waals surface area (Å²) in [5, 5.41) is 8.28. The van der Waals surface area contributed by atoms with Crippen LogP contribution in [0.3, 0.4) is 0 Å². The highest BCUT2D eigenvalue weighted by atomic mass is 19.1. The Morgan fingerprint density at radius 1 is 1.10 bits per heavy atom. The van der Waals surface area contributed by atoms with Gasteiger partial charge in [-0.15, -0.1) is 0 Å². The number of benzene rings is 2. The minimum absolute atomic E-state index is 0.260. The average molecular weight is 286 g/mol. The molecule has 2 aromatic carbocycles. The summed E-state index contributed by atoms with van der Waals surface area (Å²) in [6.07, 6.45) is 0. The molecule has 0 spiro atoms. The van der Waals surface area contributed by atoms with Crippen molar-refractivity contribution in [2.75, 3.05) is 19.1 Å². The number of anilines is 1. The third-order valence-electron chi connectivity index (χ3n) is 3.60. The second-order valence-electron chi connectivity index (χ2n) is 4.77. The van der Waals surface area contributed by atoms with E-state index in [1.54, 1.807) is 37.3 Å². The van der Waals surface area contributed by atoms with E-state index >= 15 is 0 Å². The van der Waals surface area contributed by atoms with Crippen molar-refractivity contribution in [3.05, 3.63) is 53.3 Å². The number of hydrogen-bond acceptors (Lipinski definition) is 3. The third kappa shape index (κ3) is 2.20. The van der Waals surface area contributed by atoms with Gasteiger partial charge in [-0.3, -0.25) is 5.41 Å². The van der Waals surface area contributed by atoms with Crippen LogP contribution >= 0.6 is 0 Å². The molecule has 0 aromatic heterocycles. The molecular formula is C16H15FN2O2. The van der Waals surface area contributed by atoms with E-state index in [-0.39, 0.29) is 11.7 Å². The quantitative estimate of drug-likeness (QED) is 0.942. The van der Waals surface area contributed by atoms with Crippen molar-refractivity contribution >= 4 is 11.5 Å². The normalized spacial score (nSPS) is 13.3. The SMILES string of the molecule is COc1ccc(OC)c(N2Cc3ccc(F)cc3C2=N)c1. The van der Waals surface area contributed by atoms with Gasteiger partial charge in [0.2, 0.25) is 0 Å². The van der Waals surface area contributed by atoms with Crippen LogP contribution in [0.1, 0.15) is 11.1 Å². The van der Waals surface area contributed by atoms with Crippen molar-refractivity contribution in [3.63, 3.8) is 0 Å². The summed E-state index contributed by atoms with van der Waals surface area (Å²) in [5.74, 6) is 1.25. The molecule has 0 aliphatic carbocycles. The molecule has 2 aromatic rings. The monoisotopic (exact) mass is 286 g/mol. The Balaban J connectivity index is 2.05. The lowest BCUT2D eigenvalue weighted by atomic mass is 10.1. The second kappa shape index (κ2) is 5.09. The van der Waals surface area contributed by atoms with Gasteiger partial charge in [0.25, 0.3) is 0 Å². The maximum Gasteiger partial charge on any atom is 0.142 e. The van der Waals surface area contributed by atoms with E-state index in [2.05, 4.69) is 0 Å². The fourth-order valence-electron chi connectivity index (χ4n) is 2.52. The number of hydrogen-bond donors (Lipinski definition) is 1. The Kier molecular flexibility index (Phi) is 3.25. The van der Waals surface area contributed by atoms with E-state index in [1.165, 1.54) is 12.1 Å². The fraction of sp³-hybridized carbons (Fsp3) is 0.188. The first kappa shape index (κ1) is 13.4. The largest absolute Gasteiger partial charge is 0.497 e. The molecule has 1 N–H and O–H groups in total. The van der Waals surface area contributed by atoms with Gasteiger partial charge in [0, 0.05) is 11.6 Å². The van der Waals surface area contributed by atoms with E-state index < -0.39 is 0 Å². The predicted octanol–water partition coefficient (Wildman–Crippen LogP) is 3.19. The molecule has 108 valence electrons. The molecule has 0 saturated carbocycles. The summed E-state index contributed by atoms with van der Waals surface area (Å²) in [7, 11) is 3.17. The molecule has 4 nitrogen and oxygen atoms in total. The first-order chi connectivity index (χ1) is 10.1. The first-order valence-corrected chi connectivity index (χ1v) is 6.51. The minimum Gasteiger partial charge on any atom is -0.497 e. The number of methoxy groups -OCH3 is 2. The van der Waals surface area contributed by atoms with Gasteiger partial charge in [0.1, 0.15) is 23.2 Å². The molecule has 1 heterocycles. The van der Waals surface area contributed by atoms with E-state index in [1.807, 2.05) is 6.07 Å². The first-order valence-electron chi connectivity index (χ1n) is 6.51. The molecule has 0 unspecified atom stereocenters. The van der Waals surface area contributed by atoms with Crippen LogP contribution in [0.25, 0.3) is 0 Å². The zero-order valence-corrected chi connectivity index (χ0v) is 11.8. The van der Waals surface area contributed by atoms with Crippen LogP contribution in [-0.2, 0) is 6.54 Å². The van der Waals surface area contributed by atoms with Gasteiger partial charge >= 0.3 is 0 Å². The van der Waals surface area contributed by atoms with Gasteiger partial charge in [0.05, 0.1) is 26.5 Å². The summed E-state index contributed by atoms with van der Waals surface area (Å²) in [6.45, 7) is 0.512. The molecule has 21 heavy (non-hydrogen) atoms. The van der Waals surface area contributed by atoms with Crippen molar-refractivity contribution in [3.8, 4) is 11.5 Å². The maximum atomic E-state index is 13.4. The maximum absolute atomic E-state index is 13.4. The van der Waals surface area contributed by atoms with Crippen LogP contribution < -0.4 is 14.4 Å². The molecule has 0 saturated heterocycles. The zero-order valence-electron chi connectivity index (χ0n) is 11.8. The number of amidine groups is 1. The number of fused-ring (bicyclic) bond motifs is 1. The number of nitrogens with zero attached hydrogens (tertiary/aromatic N) is 1. The van der Waals surface area contributed by atoms with Gasteiger partial charge in [-0.05, 0) is 29.8 Å². The molecule has 0 radical (unpaired) electrons. The Bertz CT molecular complexity index is 715. The van der Waals surface area contributed by atoms with Crippen molar-refractivity contribution in [1.29, 1.82) is 5.41 Å². The molecule has 0 bridgehead atoms. The van der Waals surface area contributed by atoms with Crippen LogP contribution in [0.4, 0.5) is 10.1 Å². The van der Waals surface area contributed by atoms with Crippen LogP contribution in [-0.4, -0.2) is 20.1 Å². The highest BCUT2D eigenvalue weighted by Gasteiger charge is 2.28. The average Bonchev–Trinajstić information content (AvgIpc) is 2.83. The van der Waals surface area contributed by atoms with E-state index in [0.29, 0.717) is 23.6 Å². The topological polar surface area (TPSA) is 45.6 Å². The molecule has 0 fully saturated rings. The minimum atomic E-state index is -0.335. The van der Waals surface area contributed by atoms with Crippen LogP contribution in [0.5, 0.6) is 11.5 Å². The number of ether oxygens (including phenoxy) is 2. The van der Waals surface area contributed by atoms with Crippen LogP contribution in [0.15, 0.2) is 36.4 Å². The van der Waals surface area contributed by atoms with Gasteiger partial charge in [0.15, 0.2) is 0 Å². The lowest BCUT2D eigenvalue weighted by Gasteiger charge is -2.21.